The molecule has 0 saturated heterocycles. The lowest BCUT2D eigenvalue weighted by molar-refractivity contribution is 0.262. The van der Waals surface area contributed by atoms with Crippen LogP contribution in [0.15, 0.2) is 24.3 Å². The summed E-state index contributed by atoms with van der Waals surface area (Å²) in [6.45, 7) is 4.99. The van der Waals surface area contributed by atoms with Crippen LogP contribution in [-0.2, 0) is 6.54 Å². The normalized spacial score (nSPS) is 12.7. The van der Waals surface area contributed by atoms with Gasteiger partial charge in [0.1, 0.15) is 5.75 Å². The van der Waals surface area contributed by atoms with Crippen LogP contribution in [-0.4, -0.2) is 32.1 Å². The average Bonchev–Trinajstić information content (AvgIpc) is 2.38. The summed E-state index contributed by atoms with van der Waals surface area (Å²) in [4.78, 5) is 2.34. The number of ether oxygens (including phenoxy) is 1. The second-order valence-corrected chi connectivity index (χ2v) is 4.94. The van der Waals surface area contributed by atoms with Crippen LogP contribution in [0.3, 0.4) is 0 Å². The van der Waals surface area contributed by atoms with Crippen LogP contribution < -0.4 is 10.5 Å². The molecule has 0 radical (unpaired) electrons. The van der Waals surface area contributed by atoms with Gasteiger partial charge in [-0.2, -0.15) is 0 Å². The fourth-order valence-electron chi connectivity index (χ4n) is 2.28. The maximum absolute atomic E-state index is 5.80. The van der Waals surface area contributed by atoms with E-state index in [4.69, 9.17) is 10.5 Å². The smallest absolute Gasteiger partial charge is 0.119 e. The van der Waals surface area contributed by atoms with Crippen molar-refractivity contribution in [2.75, 3.05) is 27.2 Å². The van der Waals surface area contributed by atoms with E-state index in [0.29, 0.717) is 5.92 Å². The van der Waals surface area contributed by atoms with E-state index >= 15 is 0 Å². The maximum atomic E-state index is 5.80. The molecule has 0 bridgehead atoms. The molecule has 0 aliphatic carbocycles. The van der Waals surface area contributed by atoms with E-state index in [0.717, 1.165) is 25.4 Å². The third-order valence-electron chi connectivity index (χ3n) is 3.19. The van der Waals surface area contributed by atoms with Crippen molar-refractivity contribution in [2.45, 2.75) is 26.3 Å². The lowest BCUT2D eigenvalue weighted by atomic mass is 10.0. The second kappa shape index (κ2) is 8.11. The second-order valence-electron chi connectivity index (χ2n) is 4.94. The third kappa shape index (κ3) is 5.07. The van der Waals surface area contributed by atoms with Crippen LogP contribution in [0.1, 0.15) is 25.3 Å². The molecule has 1 aromatic carbocycles. The molecule has 0 aromatic heterocycles. The first-order valence-electron chi connectivity index (χ1n) is 6.71. The van der Waals surface area contributed by atoms with Crippen LogP contribution >= 0.6 is 0 Å². The highest BCUT2D eigenvalue weighted by Gasteiger charge is 2.09. The minimum Gasteiger partial charge on any atom is -0.497 e. The molecule has 0 spiro atoms. The van der Waals surface area contributed by atoms with Gasteiger partial charge in [0.2, 0.25) is 0 Å². The molecule has 3 heteroatoms. The van der Waals surface area contributed by atoms with E-state index in [9.17, 15) is 0 Å². The van der Waals surface area contributed by atoms with E-state index < -0.39 is 0 Å². The molecule has 2 N–H and O–H groups in total. The number of rotatable bonds is 8. The summed E-state index contributed by atoms with van der Waals surface area (Å²) in [6.07, 6.45) is 2.41. The van der Waals surface area contributed by atoms with Gasteiger partial charge in [-0.05, 0) is 43.6 Å². The van der Waals surface area contributed by atoms with Crippen LogP contribution in [0.5, 0.6) is 5.75 Å². The van der Waals surface area contributed by atoms with Gasteiger partial charge in [-0.15, -0.1) is 0 Å². The Labute approximate surface area is 111 Å². The molecule has 0 fully saturated rings. The Balaban J connectivity index is 2.49. The van der Waals surface area contributed by atoms with Gasteiger partial charge in [0.25, 0.3) is 0 Å². The zero-order chi connectivity index (χ0) is 13.4. The van der Waals surface area contributed by atoms with Crippen LogP contribution in [0, 0.1) is 5.92 Å². The van der Waals surface area contributed by atoms with Gasteiger partial charge in [-0.25, -0.2) is 0 Å². The summed E-state index contributed by atoms with van der Waals surface area (Å²) in [5.74, 6) is 1.52. The molecular weight excluding hydrogens is 224 g/mol. The molecule has 1 aromatic rings. The average molecular weight is 250 g/mol. The van der Waals surface area contributed by atoms with Gasteiger partial charge >= 0.3 is 0 Å². The first kappa shape index (κ1) is 15.0. The molecule has 0 aliphatic rings. The molecule has 3 nitrogen and oxygen atoms in total. The fraction of sp³-hybridized carbons (Fsp3) is 0.600. The lowest BCUT2D eigenvalue weighted by Crippen LogP contribution is -2.29. The minimum absolute atomic E-state index is 0.602. The Morgan fingerprint density at radius 2 is 2.17 bits per heavy atom. The van der Waals surface area contributed by atoms with Crippen LogP contribution in [0.25, 0.3) is 0 Å². The Morgan fingerprint density at radius 1 is 1.39 bits per heavy atom. The van der Waals surface area contributed by atoms with E-state index in [1.54, 1.807) is 7.11 Å². The minimum atomic E-state index is 0.602. The number of benzene rings is 1. The predicted octanol–water partition coefficient (Wildman–Crippen LogP) is 2.50. The summed E-state index contributed by atoms with van der Waals surface area (Å²) in [7, 11) is 3.85. The highest BCUT2D eigenvalue weighted by molar-refractivity contribution is 5.28. The number of nitrogens with zero attached hydrogens (tertiary/aromatic N) is 1. The van der Waals surface area contributed by atoms with Crippen molar-refractivity contribution in [1.29, 1.82) is 0 Å². The summed E-state index contributed by atoms with van der Waals surface area (Å²) >= 11 is 0. The molecule has 102 valence electrons. The Morgan fingerprint density at radius 3 is 2.78 bits per heavy atom. The molecule has 1 unspecified atom stereocenters. The number of methoxy groups -OCH3 is 1. The third-order valence-corrected chi connectivity index (χ3v) is 3.19. The Bertz CT molecular complexity index is 341. The van der Waals surface area contributed by atoms with Gasteiger partial charge in [0.15, 0.2) is 0 Å². The summed E-state index contributed by atoms with van der Waals surface area (Å²) < 4.78 is 5.24. The number of nitrogens with two attached hydrogens (primary N) is 1. The number of hydrogen-bond donors (Lipinski definition) is 1. The van der Waals surface area contributed by atoms with Crippen molar-refractivity contribution in [3.05, 3.63) is 29.8 Å². The van der Waals surface area contributed by atoms with Gasteiger partial charge in [0, 0.05) is 13.1 Å². The van der Waals surface area contributed by atoms with Crippen molar-refractivity contribution >= 4 is 0 Å². The van der Waals surface area contributed by atoms with E-state index in [2.05, 4.69) is 31.0 Å². The van der Waals surface area contributed by atoms with E-state index in [1.165, 1.54) is 18.4 Å². The summed E-state index contributed by atoms with van der Waals surface area (Å²) in [6, 6.07) is 8.24. The zero-order valence-electron chi connectivity index (χ0n) is 11.9. The van der Waals surface area contributed by atoms with Gasteiger partial charge in [-0.3, -0.25) is 0 Å². The van der Waals surface area contributed by atoms with Gasteiger partial charge < -0.3 is 15.4 Å². The van der Waals surface area contributed by atoms with Crippen LogP contribution in [0.2, 0.25) is 0 Å². The van der Waals surface area contributed by atoms with Crippen LogP contribution in [0.4, 0.5) is 0 Å². The molecule has 0 aliphatic heterocycles. The van der Waals surface area contributed by atoms with Crippen molar-refractivity contribution in [1.82, 2.24) is 4.90 Å². The first-order chi connectivity index (χ1) is 8.69. The predicted molar refractivity (Wildman–Crippen MR) is 76.8 cm³/mol. The maximum Gasteiger partial charge on any atom is 0.119 e. The quantitative estimate of drug-likeness (QED) is 0.770. The summed E-state index contributed by atoms with van der Waals surface area (Å²) in [5.41, 5.74) is 7.08. The van der Waals surface area contributed by atoms with Crippen molar-refractivity contribution in [2.24, 2.45) is 11.7 Å². The molecule has 18 heavy (non-hydrogen) atoms. The highest BCUT2D eigenvalue weighted by Crippen LogP contribution is 2.15. The van der Waals surface area contributed by atoms with Crippen molar-refractivity contribution in [3.63, 3.8) is 0 Å². The molecule has 0 amide bonds. The standard InChI is InChI=1S/C15H26N2O/c1-4-6-14(10-16)12-17(2)11-13-7-5-8-15(9-13)18-3/h5,7-9,14H,4,6,10-12,16H2,1-3H3. The first-order valence-corrected chi connectivity index (χ1v) is 6.71. The topological polar surface area (TPSA) is 38.5 Å². The highest BCUT2D eigenvalue weighted by atomic mass is 16.5. The molecule has 1 rings (SSSR count). The Kier molecular flexibility index (Phi) is 6.76. The van der Waals surface area contributed by atoms with E-state index in [-0.39, 0.29) is 0 Å². The fourth-order valence-corrected chi connectivity index (χ4v) is 2.28. The van der Waals surface area contributed by atoms with Gasteiger partial charge in [0.05, 0.1) is 7.11 Å². The van der Waals surface area contributed by atoms with Crippen molar-refractivity contribution in [3.8, 4) is 5.75 Å². The lowest BCUT2D eigenvalue weighted by Gasteiger charge is -2.23. The molecule has 0 saturated carbocycles. The monoisotopic (exact) mass is 250 g/mol. The largest absolute Gasteiger partial charge is 0.497 e. The SMILES string of the molecule is CCCC(CN)CN(C)Cc1cccc(OC)c1. The zero-order valence-corrected chi connectivity index (χ0v) is 11.9. The molecular formula is C15H26N2O. The van der Waals surface area contributed by atoms with Gasteiger partial charge in [-0.1, -0.05) is 25.5 Å². The van der Waals surface area contributed by atoms with E-state index in [1.807, 2.05) is 12.1 Å². The molecule has 1 atom stereocenters. The summed E-state index contributed by atoms with van der Waals surface area (Å²) in [5, 5.41) is 0. The van der Waals surface area contributed by atoms with Crippen molar-refractivity contribution < 1.29 is 4.74 Å². The molecule has 0 heterocycles. The number of hydrogen-bond acceptors (Lipinski definition) is 3. The Hall–Kier alpha value is -1.06.